The molecule has 12 heteroatoms. The highest BCUT2D eigenvalue weighted by Gasteiger charge is 2.42. The van der Waals surface area contributed by atoms with Crippen molar-refractivity contribution in [1.29, 1.82) is 0 Å². The Labute approximate surface area is 169 Å². The third-order valence-electron chi connectivity index (χ3n) is 4.11. The van der Waals surface area contributed by atoms with E-state index in [1.54, 1.807) is 30.3 Å². The Balaban J connectivity index is 1.91. The maximum absolute atomic E-state index is 14.0. The van der Waals surface area contributed by atoms with E-state index < -0.39 is 52.3 Å². The maximum atomic E-state index is 14.0. The van der Waals surface area contributed by atoms with E-state index in [1.165, 1.54) is 12.2 Å². The molecule has 0 saturated heterocycles. The number of halogens is 7. The fourth-order valence-corrected chi connectivity index (χ4v) is 2.57. The van der Waals surface area contributed by atoms with Crippen LogP contribution in [-0.4, -0.2) is 11.1 Å². The zero-order chi connectivity index (χ0) is 22.9. The van der Waals surface area contributed by atoms with E-state index in [4.69, 9.17) is 9.26 Å². The first-order valence-corrected chi connectivity index (χ1v) is 8.39. The molecule has 5 nitrogen and oxygen atoms in total. The molecule has 0 saturated carbocycles. The van der Waals surface area contributed by atoms with Crippen LogP contribution in [0.3, 0.4) is 0 Å². The van der Waals surface area contributed by atoms with E-state index in [-0.39, 0.29) is 17.9 Å². The molecular formula is C19H11F7N2O3. The van der Waals surface area contributed by atoms with E-state index in [9.17, 15) is 35.5 Å². The van der Waals surface area contributed by atoms with E-state index in [0.717, 1.165) is 0 Å². The molecule has 0 atom stereocenters. The number of carbonyl (C=O) groups is 1. The number of alkyl halides is 3. The molecule has 3 aromatic rings. The number of hydrogen-bond donors (Lipinski definition) is 1. The van der Waals surface area contributed by atoms with Crippen LogP contribution in [0.15, 0.2) is 34.9 Å². The predicted molar refractivity (Wildman–Crippen MR) is 91.2 cm³/mol. The van der Waals surface area contributed by atoms with Crippen molar-refractivity contribution in [2.75, 3.05) is 5.32 Å². The highest BCUT2D eigenvalue weighted by atomic mass is 19.4. The molecule has 0 aliphatic carbocycles. The second-order valence-electron chi connectivity index (χ2n) is 6.13. The highest BCUT2D eigenvalue weighted by Crippen LogP contribution is 2.38. The number of hydrogen-bond acceptors (Lipinski definition) is 4. The third-order valence-corrected chi connectivity index (χ3v) is 4.11. The number of para-hydroxylation sites is 1. The van der Waals surface area contributed by atoms with E-state index in [1.807, 2.05) is 0 Å². The van der Waals surface area contributed by atoms with Gasteiger partial charge in [-0.15, -0.1) is 0 Å². The molecule has 1 amide bonds. The first-order valence-electron chi connectivity index (χ1n) is 8.39. The molecule has 0 aliphatic heterocycles. The summed E-state index contributed by atoms with van der Waals surface area (Å²) in [7, 11) is 0. The van der Waals surface area contributed by atoms with Crippen LogP contribution in [0.2, 0.25) is 0 Å². The molecular weight excluding hydrogens is 437 g/mol. The molecule has 2 aromatic carbocycles. The molecule has 0 fully saturated rings. The van der Waals surface area contributed by atoms with Crippen LogP contribution in [-0.2, 0) is 12.8 Å². The van der Waals surface area contributed by atoms with Gasteiger partial charge in [0.05, 0.1) is 5.56 Å². The quantitative estimate of drug-likeness (QED) is 0.420. The second-order valence-corrected chi connectivity index (χ2v) is 6.13. The van der Waals surface area contributed by atoms with Gasteiger partial charge in [-0.3, -0.25) is 4.79 Å². The molecule has 0 bridgehead atoms. The minimum atomic E-state index is -5.70. The zero-order valence-corrected chi connectivity index (χ0v) is 15.4. The first-order chi connectivity index (χ1) is 14.5. The number of carbonyl (C=O) groups excluding carboxylic acids is 1. The monoisotopic (exact) mass is 448 g/mol. The minimum Gasteiger partial charge on any atom is -0.489 e. The van der Waals surface area contributed by atoms with Gasteiger partial charge in [0.25, 0.3) is 5.91 Å². The van der Waals surface area contributed by atoms with Crippen LogP contribution in [0.1, 0.15) is 27.4 Å². The van der Waals surface area contributed by atoms with Gasteiger partial charge in [-0.25, -0.2) is 17.6 Å². The number of nitrogens with one attached hydrogen (secondary N) is 1. The van der Waals surface area contributed by atoms with Crippen LogP contribution in [0.4, 0.5) is 36.4 Å². The molecule has 0 radical (unpaired) electrons. The number of amides is 1. The molecule has 1 aromatic heterocycles. The topological polar surface area (TPSA) is 64.4 Å². The van der Waals surface area contributed by atoms with Crippen molar-refractivity contribution in [3.63, 3.8) is 0 Å². The second kappa shape index (κ2) is 8.28. The van der Waals surface area contributed by atoms with Gasteiger partial charge in [0.15, 0.2) is 29.0 Å². The van der Waals surface area contributed by atoms with Crippen molar-refractivity contribution >= 4 is 11.6 Å². The molecule has 0 aliphatic rings. The Hall–Kier alpha value is -3.57. The van der Waals surface area contributed by atoms with Gasteiger partial charge in [0, 0.05) is 0 Å². The smallest absolute Gasteiger partial charge is 0.422 e. The number of nitrogens with zero attached hydrogens (tertiary/aromatic N) is 1. The number of anilines is 1. The first kappa shape index (κ1) is 22.1. The lowest BCUT2D eigenvalue weighted by molar-refractivity contribution is -0.143. The lowest BCUT2D eigenvalue weighted by atomic mass is 10.1. The van der Waals surface area contributed by atoms with Crippen molar-refractivity contribution in [2.24, 2.45) is 0 Å². The zero-order valence-electron chi connectivity index (χ0n) is 15.4. The SMILES string of the molecule is Cc1onc(C(=O)Nc2c(F)c(F)c(C(F)(F)F)c(F)c2F)c1COc1ccccc1. The van der Waals surface area contributed by atoms with Crippen LogP contribution < -0.4 is 10.1 Å². The van der Waals surface area contributed by atoms with Gasteiger partial charge in [-0.05, 0) is 19.1 Å². The van der Waals surface area contributed by atoms with Crippen LogP contribution in [0, 0.1) is 30.2 Å². The average molecular weight is 448 g/mol. The summed E-state index contributed by atoms with van der Waals surface area (Å²) in [6.45, 7) is 1.12. The van der Waals surface area contributed by atoms with Gasteiger partial charge >= 0.3 is 6.18 Å². The van der Waals surface area contributed by atoms with Crippen LogP contribution in [0.5, 0.6) is 5.75 Å². The Bertz CT molecular complexity index is 1100. The summed E-state index contributed by atoms with van der Waals surface area (Å²) in [6.07, 6.45) is -5.70. The van der Waals surface area contributed by atoms with Crippen molar-refractivity contribution < 1.29 is 44.8 Å². The summed E-state index contributed by atoms with van der Waals surface area (Å²) in [5.74, 6) is -11.2. The number of ether oxygens (including phenoxy) is 1. The van der Waals surface area contributed by atoms with E-state index >= 15 is 0 Å². The molecule has 164 valence electrons. The molecule has 31 heavy (non-hydrogen) atoms. The number of aryl methyl sites for hydroxylation is 1. The van der Waals surface area contributed by atoms with Crippen molar-refractivity contribution in [3.8, 4) is 5.75 Å². The van der Waals surface area contributed by atoms with E-state index in [0.29, 0.717) is 5.75 Å². The standard InChI is InChI=1S/C19H11F7N2O3/c1-8-10(7-30-9-5-3-2-4-6-9)16(28-31-8)18(29)27-17-14(22)12(20)11(19(24,25)26)13(21)15(17)23/h2-6H,7H2,1H3,(H,27,29). The minimum absolute atomic E-state index is 0.0371. The van der Waals surface area contributed by atoms with Gasteiger partial charge in [0.2, 0.25) is 0 Å². The average Bonchev–Trinajstić information content (AvgIpc) is 3.08. The highest BCUT2D eigenvalue weighted by molar-refractivity contribution is 6.04. The fourth-order valence-electron chi connectivity index (χ4n) is 2.57. The molecule has 1 N–H and O–H groups in total. The lowest BCUT2D eigenvalue weighted by Gasteiger charge is -2.14. The number of aromatic nitrogens is 1. The Morgan fingerprint density at radius 2 is 1.61 bits per heavy atom. The fraction of sp³-hybridized carbons (Fsp3) is 0.158. The summed E-state index contributed by atoms with van der Waals surface area (Å²) in [6, 6.07) is 8.26. The summed E-state index contributed by atoms with van der Waals surface area (Å²) < 4.78 is 104. The van der Waals surface area contributed by atoms with Crippen molar-refractivity contribution in [2.45, 2.75) is 19.7 Å². The summed E-state index contributed by atoms with van der Waals surface area (Å²) in [4.78, 5) is 12.4. The van der Waals surface area contributed by atoms with Gasteiger partial charge in [0.1, 0.15) is 29.4 Å². The Morgan fingerprint density at radius 1 is 1.03 bits per heavy atom. The van der Waals surface area contributed by atoms with Gasteiger partial charge in [-0.1, -0.05) is 23.4 Å². The van der Waals surface area contributed by atoms with Crippen LogP contribution >= 0.6 is 0 Å². The van der Waals surface area contributed by atoms with E-state index in [2.05, 4.69) is 5.16 Å². The van der Waals surface area contributed by atoms with Gasteiger partial charge in [-0.2, -0.15) is 13.2 Å². The lowest BCUT2D eigenvalue weighted by Crippen LogP contribution is -2.21. The third kappa shape index (κ3) is 4.32. The molecule has 1 heterocycles. The molecule has 3 rings (SSSR count). The summed E-state index contributed by atoms with van der Waals surface area (Å²) in [5, 5.41) is 4.90. The Morgan fingerprint density at radius 3 is 2.16 bits per heavy atom. The van der Waals surface area contributed by atoms with Crippen LogP contribution in [0.25, 0.3) is 0 Å². The van der Waals surface area contributed by atoms with Crippen molar-refractivity contribution in [1.82, 2.24) is 5.16 Å². The number of benzene rings is 2. The van der Waals surface area contributed by atoms with Gasteiger partial charge < -0.3 is 14.6 Å². The largest absolute Gasteiger partial charge is 0.489 e. The normalized spacial score (nSPS) is 11.5. The maximum Gasteiger partial charge on any atom is 0.422 e. The Kier molecular flexibility index (Phi) is 5.91. The molecule has 0 unspecified atom stereocenters. The summed E-state index contributed by atoms with van der Waals surface area (Å²) >= 11 is 0. The predicted octanol–water partition coefficient (Wildman–Crippen LogP) is 5.39. The summed E-state index contributed by atoms with van der Waals surface area (Å²) in [5.41, 5.74) is -5.01. The van der Waals surface area contributed by atoms with Crippen molar-refractivity contribution in [3.05, 3.63) is 76.2 Å². The molecule has 0 spiro atoms. The number of rotatable bonds is 5.